The van der Waals surface area contributed by atoms with Crippen LogP contribution in [0.1, 0.15) is 5.56 Å². The summed E-state index contributed by atoms with van der Waals surface area (Å²) in [5.74, 6) is -1.61. The second-order valence-corrected chi connectivity index (χ2v) is 11.7. The van der Waals surface area contributed by atoms with E-state index < -0.39 is 67.7 Å². The van der Waals surface area contributed by atoms with Crippen LogP contribution in [0.15, 0.2) is 65.6 Å². The van der Waals surface area contributed by atoms with E-state index in [0.717, 1.165) is 41.7 Å². The predicted molar refractivity (Wildman–Crippen MR) is 128 cm³/mol. The van der Waals surface area contributed by atoms with E-state index in [4.69, 9.17) is 4.74 Å². The first-order valence-corrected chi connectivity index (χ1v) is 13.8. The zero-order valence-corrected chi connectivity index (χ0v) is 21.1. The normalized spacial score (nSPS) is 16.2. The summed E-state index contributed by atoms with van der Waals surface area (Å²) >= 11 is 0. The molecule has 0 aliphatic carbocycles. The lowest BCUT2D eigenvalue weighted by atomic mass is 10.0. The number of hydrogen-bond donors (Lipinski definition) is 2. The van der Waals surface area contributed by atoms with E-state index in [9.17, 15) is 38.8 Å². The summed E-state index contributed by atoms with van der Waals surface area (Å²) in [6, 6.07) is 9.62. The van der Waals surface area contributed by atoms with Crippen molar-refractivity contribution in [3.63, 3.8) is 0 Å². The highest BCUT2D eigenvalue weighted by Crippen LogP contribution is 2.41. The molecule has 0 aromatic heterocycles. The number of ether oxygens (including phenoxy) is 1. The van der Waals surface area contributed by atoms with Gasteiger partial charge < -0.3 is 4.74 Å². The Bertz CT molecular complexity index is 1580. The smallest absolute Gasteiger partial charge is 0.416 e. The van der Waals surface area contributed by atoms with Gasteiger partial charge in [0.15, 0.2) is 0 Å². The minimum absolute atomic E-state index is 0.0685. The molecule has 2 N–H and O–H groups in total. The maximum Gasteiger partial charge on any atom is 0.416 e. The van der Waals surface area contributed by atoms with Crippen molar-refractivity contribution in [3.05, 3.63) is 77.9 Å². The van der Waals surface area contributed by atoms with Crippen molar-refractivity contribution in [1.29, 1.82) is 0 Å². The summed E-state index contributed by atoms with van der Waals surface area (Å²) in [6.07, 6.45) is -5.91. The molecular formula is C23H20F5N3O5S2. The van der Waals surface area contributed by atoms with Crippen LogP contribution in [0.2, 0.25) is 0 Å². The highest BCUT2D eigenvalue weighted by atomic mass is 32.2. The summed E-state index contributed by atoms with van der Waals surface area (Å²) in [4.78, 5) is -0.683. The number of nitrogens with one attached hydrogen (secondary N) is 2. The minimum Gasteiger partial charge on any atom is -0.485 e. The molecule has 0 radical (unpaired) electrons. The first-order chi connectivity index (χ1) is 17.7. The van der Waals surface area contributed by atoms with Gasteiger partial charge in [-0.15, -0.1) is 0 Å². The van der Waals surface area contributed by atoms with Crippen molar-refractivity contribution in [2.75, 3.05) is 24.4 Å². The van der Waals surface area contributed by atoms with Gasteiger partial charge in [-0.05, 0) is 54.1 Å². The van der Waals surface area contributed by atoms with Crippen molar-refractivity contribution >= 4 is 25.9 Å². The molecule has 0 bridgehead atoms. The van der Waals surface area contributed by atoms with Crippen molar-refractivity contribution in [2.45, 2.75) is 17.2 Å². The van der Waals surface area contributed by atoms with Crippen LogP contribution in [0.3, 0.4) is 0 Å². The van der Waals surface area contributed by atoms with Crippen LogP contribution in [0.25, 0.3) is 11.1 Å². The molecule has 204 valence electrons. The standard InChI is InChI=1S/C23H20F5N3O5S2/c1-29-38(34,35)30-12-17-13-31(37(32,33)18-4-2-3-15(10-18)23(26,27)28)21-9-14(5-8-22(21)36-17)19-11-16(24)6-7-20(19)25/h2-11,17,29-30H,12-13H2,1H3/t17-/m0/s1. The largest absolute Gasteiger partial charge is 0.485 e. The predicted octanol–water partition coefficient (Wildman–Crippen LogP) is 3.66. The Morgan fingerprint density at radius 1 is 1.00 bits per heavy atom. The molecule has 0 fully saturated rings. The quantitative estimate of drug-likeness (QED) is 0.417. The molecule has 38 heavy (non-hydrogen) atoms. The lowest BCUT2D eigenvalue weighted by Crippen LogP contribution is -2.49. The van der Waals surface area contributed by atoms with Crippen LogP contribution in [0.4, 0.5) is 27.6 Å². The number of fused-ring (bicyclic) bond motifs is 1. The molecule has 1 heterocycles. The van der Waals surface area contributed by atoms with Crippen molar-refractivity contribution in [2.24, 2.45) is 0 Å². The van der Waals surface area contributed by atoms with E-state index in [2.05, 4.69) is 4.72 Å². The lowest BCUT2D eigenvalue weighted by molar-refractivity contribution is -0.137. The van der Waals surface area contributed by atoms with Gasteiger partial charge in [-0.25, -0.2) is 21.9 Å². The van der Waals surface area contributed by atoms with Crippen molar-refractivity contribution in [3.8, 4) is 16.9 Å². The van der Waals surface area contributed by atoms with Gasteiger partial charge in [0.1, 0.15) is 23.5 Å². The highest BCUT2D eigenvalue weighted by molar-refractivity contribution is 7.92. The molecule has 4 rings (SSSR count). The van der Waals surface area contributed by atoms with Gasteiger partial charge in [0.05, 0.1) is 29.2 Å². The van der Waals surface area contributed by atoms with Gasteiger partial charge in [0.25, 0.3) is 20.2 Å². The van der Waals surface area contributed by atoms with E-state index in [1.165, 1.54) is 18.2 Å². The molecule has 0 saturated carbocycles. The van der Waals surface area contributed by atoms with Crippen molar-refractivity contribution < 1.29 is 43.5 Å². The number of benzene rings is 3. The fourth-order valence-electron chi connectivity index (χ4n) is 3.77. The second-order valence-electron chi connectivity index (χ2n) is 8.16. The van der Waals surface area contributed by atoms with Gasteiger partial charge in [-0.3, -0.25) is 4.31 Å². The average molecular weight is 578 g/mol. The van der Waals surface area contributed by atoms with Crippen molar-refractivity contribution in [1.82, 2.24) is 9.44 Å². The lowest BCUT2D eigenvalue weighted by Gasteiger charge is -2.36. The molecule has 0 spiro atoms. The van der Waals surface area contributed by atoms with Crippen LogP contribution in [-0.4, -0.2) is 43.1 Å². The monoisotopic (exact) mass is 577 g/mol. The number of hydrogen-bond acceptors (Lipinski definition) is 5. The summed E-state index contributed by atoms with van der Waals surface area (Å²) in [6.45, 7) is -0.898. The Morgan fingerprint density at radius 2 is 1.74 bits per heavy atom. The van der Waals surface area contributed by atoms with Crippen LogP contribution in [0.5, 0.6) is 5.75 Å². The highest BCUT2D eigenvalue weighted by Gasteiger charge is 2.37. The first-order valence-electron chi connectivity index (χ1n) is 10.9. The van der Waals surface area contributed by atoms with Crippen LogP contribution in [0, 0.1) is 11.6 Å². The molecule has 1 atom stereocenters. The Morgan fingerprint density at radius 3 is 2.42 bits per heavy atom. The third-order valence-corrected chi connectivity index (χ3v) is 8.51. The van der Waals surface area contributed by atoms with Gasteiger partial charge >= 0.3 is 6.18 Å². The number of anilines is 1. The fourth-order valence-corrected chi connectivity index (χ4v) is 5.86. The number of sulfonamides is 1. The van der Waals surface area contributed by atoms with Gasteiger partial charge in [0.2, 0.25) is 0 Å². The molecule has 1 aliphatic rings. The number of rotatable bonds is 7. The summed E-state index contributed by atoms with van der Waals surface area (Å²) in [7, 11) is -7.45. The third kappa shape index (κ3) is 5.75. The van der Waals surface area contributed by atoms with Gasteiger partial charge in [-0.2, -0.15) is 26.3 Å². The maximum absolute atomic E-state index is 14.4. The zero-order valence-electron chi connectivity index (χ0n) is 19.5. The van der Waals surface area contributed by atoms with E-state index in [0.29, 0.717) is 12.1 Å². The second kappa shape index (κ2) is 10.1. The van der Waals surface area contributed by atoms with Crippen LogP contribution >= 0.6 is 0 Å². The topological polar surface area (TPSA) is 105 Å². The maximum atomic E-state index is 14.4. The summed E-state index contributed by atoms with van der Waals surface area (Å²) < 4.78 is 130. The van der Waals surface area contributed by atoms with Crippen LogP contribution in [-0.2, 0) is 26.4 Å². The number of halogens is 5. The molecule has 0 saturated heterocycles. The number of alkyl halides is 3. The Hall–Kier alpha value is -3.27. The van der Waals surface area contributed by atoms with E-state index in [-0.39, 0.29) is 22.6 Å². The fraction of sp³-hybridized carbons (Fsp3) is 0.217. The molecule has 15 heteroatoms. The van der Waals surface area contributed by atoms with Crippen LogP contribution < -0.4 is 18.5 Å². The molecule has 0 amide bonds. The molecule has 0 unspecified atom stereocenters. The van der Waals surface area contributed by atoms with E-state index in [1.807, 2.05) is 4.72 Å². The number of nitrogens with zero attached hydrogens (tertiary/aromatic N) is 1. The van der Waals surface area contributed by atoms with E-state index >= 15 is 0 Å². The summed E-state index contributed by atoms with van der Waals surface area (Å²) in [5.41, 5.74) is -1.46. The van der Waals surface area contributed by atoms with Gasteiger partial charge in [0, 0.05) is 12.6 Å². The average Bonchev–Trinajstić information content (AvgIpc) is 2.87. The molecular weight excluding hydrogens is 557 g/mol. The third-order valence-electron chi connectivity index (χ3n) is 5.65. The summed E-state index contributed by atoms with van der Waals surface area (Å²) in [5, 5.41) is 0. The SMILES string of the molecule is CNS(=O)(=O)NC[C@H]1CN(S(=O)(=O)c2cccc(C(F)(F)F)c2)c2cc(-c3cc(F)ccc3F)ccc2O1. The minimum atomic E-state index is -4.81. The Kier molecular flexibility index (Phi) is 7.40. The zero-order chi connectivity index (χ0) is 27.9. The molecule has 3 aromatic carbocycles. The van der Waals surface area contributed by atoms with Gasteiger partial charge in [-0.1, -0.05) is 12.1 Å². The molecule has 8 nitrogen and oxygen atoms in total. The Labute approximate surface area is 215 Å². The Balaban J connectivity index is 1.82. The molecule has 3 aromatic rings. The molecule has 1 aliphatic heterocycles. The first kappa shape index (κ1) is 27.8. The van der Waals surface area contributed by atoms with E-state index in [1.54, 1.807) is 0 Å².